The van der Waals surface area contributed by atoms with Gasteiger partial charge in [0, 0.05) is 45.8 Å². The standard InChI is InChI=1S/C20H16ClN3O5S2.C20H18ClN3O3S2/c1-10-6-14-15(28-9-27-14)7-12(10)8-16-18(13-4-3-5-22-20(13)30-16)31(25,26)24-19-17(21)11(2)23-29-19;1-11-6-7-14(12(2)9-11)10-16-18(15-5-4-8-22-20(15)28-16)29(25,26)24-19-17(21)13(3)23-27-19/h3-7,24H,8-9H2,1-2H3;4-9,24H,10H2,1-3H3. The molecule has 0 unspecified atom stereocenters. The van der Waals surface area contributed by atoms with Crippen molar-refractivity contribution in [1.82, 2.24) is 20.3 Å². The molecule has 2 N–H and O–H groups in total. The first-order valence-electron chi connectivity index (χ1n) is 18.1. The second kappa shape index (κ2) is 16.3. The molecule has 6 aromatic heterocycles. The van der Waals surface area contributed by atoms with Crippen LogP contribution in [0.25, 0.3) is 20.4 Å². The first kappa shape index (κ1) is 41.5. The van der Waals surface area contributed by atoms with Gasteiger partial charge in [0.1, 0.15) is 40.9 Å². The summed E-state index contributed by atoms with van der Waals surface area (Å²) in [6, 6.07) is 16.8. The molecule has 1 aliphatic rings. The third-order valence-corrected chi connectivity index (χ3v) is 15.9. The van der Waals surface area contributed by atoms with Crippen LogP contribution in [0, 0.1) is 34.6 Å². The van der Waals surface area contributed by atoms with Crippen LogP contribution < -0.4 is 18.9 Å². The Morgan fingerprint density at radius 1 is 0.650 bits per heavy atom. The Hall–Kier alpha value is -5.24. The Labute approximate surface area is 362 Å². The number of rotatable bonds is 10. The average molecular weight is 926 g/mol. The summed E-state index contributed by atoms with van der Waals surface area (Å²) in [7, 11) is -8.01. The number of sulfonamides is 2. The Bertz CT molecular complexity index is 3180. The van der Waals surface area contributed by atoms with E-state index in [0.29, 0.717) is 65.9 Å². The van der Waals surface area contributed by atoms with Crippen molar-refractivity contribution in [2.45, 2.75) is 57.3 Å². The molecule has 0 aliphatic carbocycles. The van der Waals surface area contributed by atoms with E-state index in [9.17, 15) is 16.8 Å². The van der Waals surface area contributed by atoms with Crippen molar-refractivity contribution in [2.24, 2.45) is 0 Å². The second-order valence-electron chi connectivity index (χ2n) is 13.9. The van der Waals surface area contributed by atoms with Gasteiger partial charge in [-0.05, 0) is 93.3 Å². The minimum atomic E-state index is -4.03. The highest BCUT2D eigenvalue weighted by Crippen LogP contribution is 2.41. The second-order valence-corrected chi connectivity index (χ2v) is 20.0. The molecular formula is C40H34Cl2N6O8S4. The van der Waals surface area contributed by atoms with Crippen molar-refractivity contribution in [3.8, 4) is 11.5 Å². The summed E-state index contributed by atoms with van der Waals surface area (Å²) >= 11 is 14.9. The predicted molar refractivity (Wildman–Crippen MR) is 232 cm³/mol. The SMILES string of the molecule is Cc1cc2c(cc1Cc1sc3ncccc3c1S(=O)(=O)Nc1onc(C)c1Cl)OCO2.Cc1ccc(Cc2sc3ncccc3c2S(=O)(=O)Nc2onc(C)c2Cl)c(C)c1. The molecule has 0 atom stereocenters. The molecule has 0 saturated carbocycles. The molecule has 20 heteroatoms. The normalized spacial score (nSPS) is 12.5. The zero-order chi connectivity index (χ0) is 42.5. The van der Waals surface area contributed by atoms with Crippen molar-refractivity contribution >= 4 is 98.1 Å². The minimum absolute atomic E-state index is 0.0927. The van der Waals surface area contributed by atoms with Crippen LogP contribution in [0.4, 0.5) is 11.8 Å². The number of aryl methyl sites for hydroxylation is 5. The number of halogens is 2. The highest BCUT2D eigenvalue weighted by molar-refractivity contribution is 7.93. The number of anilines is 2. The van der Waals surface area contributed by atoms with E-state index in [0.717, 1.165) is 27.8 Å². The van der Waals surface area contributed by atoms with Gasteiger partial charge < -0.3 is 18.5 Å². The van der Waals surface area contributed by atoms with Gasteiger partial charge in [0.05, 0.1) is 0 Å². The number of pyridine rings is 2. The summed E-state index contributed by atoms with van der Waals surface area (Å²) in [6.45, 7) is 9.44. The predicted octanol–water partition coefficient (Wildman–Crippen LogP) is 9.93. The van der Waals surface area contributed by atoms with E-state index in [1.54, 1.807) is 50.5 Å². The molecule has 7 heterocycles. The van der Waals surface area contributed by atoms with Crippen LogP contribution >= 0.6 is 45.9 Å². The van der Waals surface area contributed by atoms with Gasteiger partial charge >= 0.3 is 0 Å². The Morgan fingerprint density at radius 2 is 1.13 bits per heavy atom. The lowest BCUT2D eigenvalue weighted by Gasteiger charge is -2.10. The summed E-state index contributed by atoms with van der Waals surface area (Å²) in [6.07, 6.45) is 4.14. The van der Waals surface area contributed by atoms with Gasteiger partial charge in [-0.1, -0.05) is 57.3 Å². The lowest BCUT2D eigenvalue weighted by atomic mass is 10.0. The molecule has 0 spiro atoms. The van der Waals surface area contributed by atoms with Gasteiger partial charge in [-0.15, -0.1) is 22.7 Å². The molecule has 2 aromatic carbocycles. The number of hydrogen-bond acceptors (Lipinski definition) is 14. The van der Waals surface area contributed by atoms with Gasteiger partial charge in [0.2, 0.25) is 6.79 Å². The Kier molecular flexibility index (Phi) is 11.3. The summed E-state index contributed by atoms with van der Waals surface area (Å²) < 4.78 is 79.3. The first-order valence-corrected chi connectivity index (χ1v) is 23.4. The maximum Gasteiger partial charge on any atom is 0.266 e. The van der Waals surface area contributed by atoms with Crippen molar-refractivity contribution in [3.63, 3.8) is 0 Å². The van der Waals surface area contributed by atoms with Gasteiger partial charge in [0.25, 0.3) is 31.8 Å². The van der Waals surface area contributed by atoms with E-state index in [-0.39, 0.29) is 38.4 Å². The monoisotopic (exact) mass is 924 g/mol. The maximum atomic E-state index is 13.4. The molecule has 0 bridgehead atoms. The van der Waals surface area contributed by atoms with Crippen LogP contribution in [0.3, 0.4) is 0 Å². The molecule has 0 radical (unpaired) electrons. The quantitative estimate of drug-likeness (QED) is 0.132. The molecule has 0 saturated heterocycles. The fraction of sp³-hybridized carbons (Fsp3) is 0.200. The van der Waals surface area contributed by atoms with Gasteiger partial charge in [-0.3, -0.25) is 0 Å². The summed E-state index contributed by atoms with van der Waals surface area (Å²) in [5.41, 5.74) is 6.05. The number of benzene rings is 2. The lowest BCUT2D eigenvalue weighted by Crippen LogP contribution is -2.14. The topological polar surface area (TPSA) is 189 Å². The number of aromatic nitrogens is 4. The van der Waals surface area contributed by atoms with Crippen LogP contribution in [0.15, 0.2) is 85.8 Å². The molecule has 0 fully saturated rings. The molecular weight excluding hydrogens is 892 g/mol. The molecule has 0 amide bonds. The number of thiophene rings is 2. The van der Waals surface area contributed by atoms with Gasteiger partial charge in [-0.2, -0.15) is 0 Å². The van der Waals surface area contributed by atoms with Gasteiger partial charge in [-0.25, -0.2) is 36.2 Å². The zero-order valence-electron chi connectivity index (χ0n) is 32.4. The lowest BCUT2D eigenvalue weighted by molar-refractivity contribution is 0.174. The van der Waals surface area contributed by atoms with Crippen molar-refractivity contribution in [3.05, 3.63) is 126 Å². The van der Waals surface area contributed by atoms with Crippen molar-refractivity contribution < 1.29 is 35.4 Å². The largest absolute Gasteiger partial charge is 0.454 e. The summed E-state index contributed by atoms with van der Waals surface area (Å²) in [5.74, 6) is 1.12. The zero-order valence-corrected chi connectivity index (χ0v) is 37.2. The first-order chi connectivity index (χ1) is 28.6. The van der Waals surface area contributed by atoms with E-state index in [4.69, 9.17) is 41.7 Å². The minimum Gasteiger partial charge on any atom is -0.454 e. The smallest absolute Gasteiger partial charge is 0.266 e. The van der Waals surface area contributed by atoms with Crippen LogP contribution in [-0.4, -0.2) is 43.9 Å². The number of hydrogen-bond donors (Lipinski definition) is 2. The highest BCUT2D eigenvalue weighted by atomic mass is 35.5. The number of fused-ring (bicyclic) bond motifs is 3. The van der Waals surface area contributed by atoms with Crippen LogP contribution in [0.2, 0.25) is 10.0 Å². The van der Waals surface area contributed by atoms with E-state index in [2.05, 4.69) is 35.8 Å². The molecule has 9 rings (SSSR count). The summed E-state index contributed by atoms with van der Waals surface area (Å²) in [4.78, 5) is 11.6. The third kappa shape index (κ3) is 8.14. The molecule has 60 heavy (non-hydrogen) atoms. The van der Waals surface area contributed by atoms with E-state index >= 15 is 0 Å². The van der Waals surface area contributed by atoms with Crippen LogP contribution in [0.1, 0.15) is 49.0 Å². The molecule has 8 aromatic rings. The van der Waals surface area contributed by atoms with Crippen molar-refractivity contribution in [2.75, 3.05) is 16.2 Å². The highest BCUT2D eigenvalue weighted by Gasteiger charge is 2.30. The Balaban J connectivity index is 0.000000167. The summed E-state index contributed by atoms with van der Waals surface area (Å²) in [5, 5.41) is 8.78. The molecule has 310 valence electrons. The maximum absolute atomic E-state index is 13.4. The van der Waals surface area contributed by atoms with Gasteiger partial charge in [0.15, 0.2) is 11.5 Å². The fourth-order valence-electron chi connectivity index (χ4n) is 6.59. The van der Waals surface area contributed by atoms with Crippen LogP contribution in [-0.2, 0) is 32.9 Å². The van der Waals surface area contributed by atoms with E-state index < -0.39 is 20.0 Å². The fourth-order valence-corrected chi connectivity index (χ4v) is 12.7. The van der Waals surface area contributed by atoms with E-state index in [1.165, 1.54) is 22.7 Å². The molecule has 14 nitrogen and oxygen atoms in total. The number of nitrogens with one attached hydrogen (secondary N) is 2. The van der Waals surface area contributed by atoms with Crippen LogP contribution in [0.5, 0.6) is 11.5 Å². The average Bonchev–Trinajstić information content (AvgIpc) is 4.03. The third-order valence-electron chi connectivity index (χ3n) is 9.58. The number of nitrogens with zero attached hydrogens (tertiary/aromatic N) is 4. The van der Waals surface area contributed by atoms with E-state index in [1.807, 2.05) is 45.0 Å². The van der Waals surface area contributed by atoms with Crippen molar-refractivity contribution in [1.29, 1.82) is 0 Å². The molecule has 1 aliphatic heterocycles. The number of ether oxygens (including phenoxy) is 2. The Morgan fingerprint density at radius 3 is 1.62 bits per heavy atom.